The highest BCUT2D eigenvalue weighted by Crippen LogP contribution is 2.21. The molecule has 0 atom stereocenters. The highest BCUT2D eigenvalue weighted by molar-refractivity contribution is 14.0. The maximum Gasteiger partial charge on any atom is 0.191 e. The van der Waals surface area contributed by atoms with Crippen LogP contribution in [0.4, 0.5) is 5.82 Å². The third-order valence-corrected chi connectivity index (χ3v) is 5.81. The Kier molecular flexibility index (Phi) is 8.57. The van der Waals surface area contributed by atoms with Crippen molar-refractivity contribution in [3.05, 3.63) is 59.9 Å². The first-order valence-corrected chi connectivity index (χ1v) is 11.0. The van der Waals surface area contributed by atoms with Crippen molar-refractivity contribution < 1.29 is 0 Å². The van der Waals surface area contributed by atoms with Gasteiger partial charge in [-0.15, -0.1) is 24.0 Å². The molecule has 1 aliphatic heterocycles. The van der Waals surface area contributed by atoms with Gasteiger partial charge in [0, 0.05) is 55.5 Å². The van der Waals surface area contributed by atoms with Crippen LogP contribution in [-0.2, 0) is 6.42 Å². The van der Waals surface area contributed by atoms with Gasteiger partial charge in [0.2, 0.25) is 0 Å². The van der Waals surface area contributed by atoms with Gasteiger partial charge >= 0.3 is 0 Å². The number of aromatic amines is 1. The number of benzene rings is 1. The number of hydrogen-bond donors (Lipinski definition) is 3. The second-order valence-corrected chi connectivity index (χ2v) is 7.92. The molecule has 0 amide bonds. The van der Waals surface area contributed by atoms with Crippen molar-refractivity contribution in [3.8, 4) is 0 Å². The number of rotatable bonds is 6. The van der Waals surface area contributed by atoms with E-state index >= 15 is 0 Å². The minimum Gasteiger partial charge on any atom is -0.361 e. The fourth-order valence-corrected chi connectivity index (χ4v) is 4.17. The van der Waals surface area contributed by atoms with Crippen molar-refractivity contribution in [1.29, 1.82) is 0 Å². The number of aliphatic imine (C=N–C) groups is 1. The van der Waals surface area contributed by atoms with Gasteiger partial charge in [0.05, 0.1) is 0 Å². The summed E-state index contributed by atoms with van der Waals surface area (Å²) in [5.41, 5.74) is 3.85. The lowest BCUT2D eigenvalue weighted by molar-refractivity contribution is 0.459. The predicted molar refractivity (Wildman–Crippen MR) is 141 cm³/mol. The molecule has 1 aromatic carbocycles. The quantitative estimate of drug-likeness (QED) is 0.252. The molecule has 31 heavy (non-hydrogen) atoms. The molecule has 3 aromatic rings. The number of nitrogens with one attached hydrogen (secondary N) is 3. The largest absolute Gasteiger partial charge is 0.361 e. The van der Waals surface area contributed by atoms with E-state index in [4.69, 9.17) is 4.99 Å². The zero-order valence-electron chi connectivity index (χ0n) is 18.4. The number of nitrogens with zero attached hydrogens (tertiary/aromatic N) is 3. The zero-order chi connectivity index (χ0) is 20.8. The Labute approximate surface area is 202 Å². The molecule has 0 radical (unpaired) electrons. The third kappa shape index (κ3) is 5.90. The number of halogens is 1. The van der Waals surface area contributed by atoms with Crippen molar-refractivity contribution in [2.24, 2.45) is 4.99 Å². The molecule has 0 spiro atoms. The molecule has 6 nitrogen and oxygen atoms in total. The van der Waals surface area contributed by atoms with E-state index in [1.54, 1.807) is 0 Å². The van der Waals surface area contributed by atoms with Crippen LogP contribution in [0.25, 0.3) is 10.9 Å². The van der Waals surface area contributed by atoms with Crippen LogP contribution in [0, 0.1) is 6.92 Å². The Morgan fingerprint density at radius 1 is 1.19 bits per heavy atom. The molecular formula is C24H33IN6. The van der Waals surface area contributed by atoms with Gasteiger partial charge in [-0.3, -0.25) is 4.99 Å². The van der Waals surface area contributed by atoms with Crippen LogP contribution >= 0.6 is 24.0 Å². The smallest absolute Gasteiger partial charge is 0.191 e. The van der Waals surface area contributed by atoms with E-state index in [-0.39, 0.29) is 24.0 Å². The minimum atomic E-state index is 0. The summed E-state index contributed by atoms with van der Waals surface area (Å²) in [7, 11) is 0. The van der Waals surface area contributed by atoms with Gasteiger partial charge in [-0.2, -0.15) is 0 Å². The van der Waals surface area contributed by atoms with Gasteiger partial charge in [-0.25, -0.2) is 4.98 Å². The number of H-pyrrole nitrogens is 1. The normalized spacial score (nSPS) is 15.0. The van der Waals surface area contributed by atoms with E-state index in [0.717, 1.165) is 57.2 Å². The third-order valence-electron chi connectivity index (χ3n) is 5.81. The van der Waals surface area contributed by atoms with Gasteiger partial charge in [0.15, 0.2) is 5.96 Å². The van der Waals surface area contributed by atoms with E-state index in [0.29, 0.717) is 6.04 Å². The molecule has 1 fully saturated rings. The molecule has 0 unspecified atom stereocenters. The lowest BCUT2D eigenvalue weighted by atomic mass is 10.1. The second kappa shape index (κ2) is 11.4. The zero-order valence-corrected chi connectivity index (χ0v) is 20.7. The van der Waals surface area contributed by atoms with Crippen molar-refractivity contribution in [3.63, 3.8) is 0 Å². The first kappa shape index (κ1) is 23.4. The van der Waals surface area contributed by atoms with Crippen molar-refractivity contribution in [2.75, 3.05) is 31.1 Å². The van der Waals surface area contributed by atoms with Crippen LogP contribution in [0.2, 0.25) is 0 Å². The monoisotopic (exact) mass is 532 g/mol. The highest BCUT2D eigenvalue weighted by Gasteiger charge is 2.20. The SMILES string of the molecule is CCNC(=NCCc1c[nH]c2c(C)cccc12)NC1CCN(c2ccccn2)CC1.I. The van der Waals surface area contributed by atoms with Crippen molar-refractivity contribution >= 4 is 46.7 Å². The van der Waals surface area contributed by atoms with Gasteiger partial charge < -0.3 is 20.5 Å². The number of guanidine groups is 1. The van der Waals surface area contributed by atoms with Crippen molar-refractivity contribution in [1.82, 2.24) is 20.6 Å². The molecule has 1 saturated heterocycles. The number of aromatic nitrogens is 2. The van der Waals surface area contributed by atoms with Crippen LogP contribution in [0.1, 0.15) is 30.9 Å². The number of para-hydroxylation sites is 1. The highest BCUT2D eigenvalue weighted by atomic mass is 127. The molecular weight excluding hydrogens is 499 g/mol. The average molecular weight is 532 g/mol. The van der Waals surface area contributed by atoms with Crippen molar-refractivity contribution in [2.45, 2.75) is 39.2 Å². The van der Waals surface area contributed by atoms with Gasteiger partial charge in [-0.1, -0.05) is 24.3 Å². The van der Waals surface area contributed by atoms with Gasteiger partial charge in [0.1, 0.15) is 5.82 Å². The summed E-state index contributed by atoms with van der Waals surface area (Å²) < 4.78 is 0. The summed E-state index contributed by atoms with van der Waals surface area (Å²) in [4.78, 5) is 15.1. The van der Waals surface area contributed by atoms with Crippen LogP contribution in [0.15, 0.2) is 53.8 Å². The lowest BCUT2D eigenvalue weighted by Gasteiger charge is -2.33. The molecule has 2 aromatic heterocycles. The molecule has 166 valence electrons. The standard InChI is InChI=1S/C24H32N6.HI/c1-3-25-24(27-14-10-19-17-28-23-18(2)7-6-8-21(19)23)29-20-11-15-30(16-12-20)22-9-4-5-13-26-22;/h4-9,13,17,20,28H,3,10-12,14-16H2,1-2H3,(H2,25,27,29);1H. The Bertz CT molecular complexity index is 976. The second-order valence-electron chi connectivity index (χ2n) is 7.92. The summed E-state index contributed by atoms with van der Waals surface area (Å²) in [6, 6.07) is 13.0. The topological polar surface area (TPSA) is 68.3 Å². The summed E-state index contributed by atoms with van der Waals surface area (Å²) in [6.07, 6.45) is 7.09. The first-order valence-electron chi connectivity index (χ1n) is 11.0. The summed E-state index contributed by atoms with van der Waals surface area (Å²) in [5.74, 6) is 2.00. The molecule has 3 N–H and O–H groups in total. The predicted octanol–water partition coefficient (Wildman–Crippen LogP) is 4.26. The molecule has 0 aliphatic carbocycles. The summed E-state index contributed by atoms with van der Waals surface area (Å²) in [5, 5.41) is 8.35. The Morgan fingerprint density at radius 3 is 2.77 bits per heavy atom. The summed E-state index contributed by atoms with van der Waals surface area (Å²) in [6.45, 7) is 7.93. The number of aryl methyl sites for hydroxylation is 1. The number of hydrogen-bond acceptors (Lipinski definition) is 3. The van der Waals surface area contributed by atoms with E-state index in [1.165, 1.54) is 22.0 Å². The Morgan fingerprint density at radius 2 is 2.03 bits per heavy atom. The summed E-state index contributed by atoms with van der Waals surface area (Å²) >= 11 is 0. The molecule has 4 rings (SSSR count). The first-order chi connectivity index (χ1) is 14.7. The fourth-order valence-electron chi connectivity index (χ4n) is 4.17. The van der Waals surface area contributed by atoms with Crippen LogP contribution < -0.4 is 15.5 Å². The number of fused-ring (bicyclic) bond motifs is 1. The van der Waals surface area contributed by atoms with E-state index in [2.05, 4.69) is 75.9 Å². The fraction of sp³-hybridized carbons (Fsp3) is 0.417. The minimum absolute atomic E-state index is 0. The van der Waals surface area contributed by atoms with Gasteiger partial charge in [-0.05, 0) is 56.4 Å². The number of pyridine rings is 1. The van der Waals surface area contributed by atoms with Crippen LogP contribution in [-0.4, -0.2) is 48.1 Å². The van der Waals surface area contributed by atoms with Crippen LogP contribution in [0.3, 0.4) is 0 Å². The maximum absolute atomic E-state index is 4.84. The molecule has 3 heterocycles. The van der Waals surface area contributed by atoms with E-state index in [1.807, 2.05) is 12.3 Å². The molecule has 0 bridgehead atoms. The van der Waals surface area contributed by atoms with Crippen LogP contribution in [0.5, 0.6) is 0 Å². The maximum atomic E-state index is 4.84. The number of piperidine rings is 1. The Hall–Kier alpha value is -2.29. The van der Waals surface area contributed by atoms with E-state index in [9.17, 15) is 0 Å². The Balaban J connectivity index is 0.00000272. The molecule has 0 saturated carbocycles. The van der Waals surface area contributed by atoms with Gasteiger partial charge in [0.25, 0.3) is 0 Å². The molecule has 7 heteroatoms. The average Bonchev–Trinajstić information content (AvgIpc) is 3.19. The van der Waals surface area contributed by atoms with E-state index < -0.39 is 0 Å². The number of anilines is 1. The lowest BCUT2D eigenvalue weighted by Crippen LogP contribution is -2.49. The molecule has 1 aliphatic rings.